The first kappa shape index (κ1) is 6.40. The van der Waals surface area contributed by atoms with E-state index in [1.807, 2.05) is 7.85 Å². The Morgan fingerprint density at radius 2 is 2.22 bits per heavy atom. The van der Waals surface area contributed by atoms with Crippen molar-refractivity contribution in [2.45, 2.75) is 19.3 Å². The SMILES string of the molecule is BC1=C(C(N)=O)CCC1. The molecule has 0 saturated carbocycles. The van der Waals surface area contributed by atoms with Gasteiger partial charge in [0.1, 0.15) is 7.85 Å². The van der Waals surface area contributed by atoms with Crippen LogP contribution in [0.3, 0.4) is 0 Å². The van der Waals surface area contributed by atoms with Gasteiger partial charge in [0.2, 0.25) is 5.91 Å². The summed E-state index contributed by atoms with van der Waals surface area (Å²) in [4.78, 5) is 10.6. The van der Waals surface area contributed by atoms with Crippen LogP contribution in [0.4, 0.5) is 0 Å². The second kappa shape index (κ2) is 2.25. The Labute approximate surface area is 55.5 Å². The van der Waals surface area contributed by atoms with Crippen molar-refractivity contribution in [1.82, 2.24) is 0 Å². The molecule has 9 heavy (non-hydrogen) atoms. The van der Waals surface area contributed by atoms with E-state index in [1.54, 1.807) is 0 Å². The van der Waals surface area contributed by atoms with E-state index in [0.29, 0.717) is 0 Å². The highest BCUT2D eigenvalue weighted by Crippen LogP contribution is 2.22. The molecule has 1 aliphatic rings. The largest absolute Gasteiger partial charge is 0.366 e. The molecular formula is C6H10BNO. The number of hydrogen-bond donors (Lipinski definition) is 1. The summed E-state index contributed by atoms with van der Waals surface area (Å²) in [6.45, 7) is 0. The predicted octanol–water partition coefficient (Wildman–Crippen LogP) is -0.457. The zero-order valence-corrected chi connectivity index (χ0v) is 5.61. The molecule has 0 aromatic heterocycles. The van der Waals surface area contributed by atoms with E-state index in [1.165, 1.54) is 5.47 Å². The first-order valence-electron chi connectivity index (χ1n) is 3.20. The molecular weight excluding hydrogens is 113 g/mol. The monoisotopic (exact) mass is 123 g/mol. The Morgan fingerprint density at radius 3 is 2.44 bits per heavy atom. The van der Waals surface area contributed by atoms with Crippen LogP contribution in [-0.2, 0) is 4.79 Å². The lowest BCUT2D eigenvalue weighted by Crippen LogP contribution is -2.13. The lowest BCUT2D eigenvalue weighted by molar-refractivity contribution is -0.114. The molecule has 0 spiro atoms. The molecule has 0 fully saturated rings. The second-order valence-electron chi connectivity index (χ2n) is 2.48. The minimum atomic E-state index is -0.231. The van der Waals surface area contributed by atoms with Crippen LogP contribution >= 0.6 is 0 Å². The lowest BCUT2D eigenvalue weighted by Gasteiger charge is -1.94. The number of carbonyl (C=O) groups excluding carboxylic acids is 1. The van der Waals surface area contributed by atoms with E-state index in [0.717, 1.165) is 24.8 Å². The van der Waals surface area contributed by atoms with Gasteiger partial charge < -0.3 is 5.73 Å². The summed E-state index contributed by atoms with van der Waals surface area (Å²) in [7, 11) is 1.98. The highest BCUT2D eigenvalue weighted by Gasteiger charge is 2.13. The summed E-state index contributed by atoms with van der Waals surface area (Å²) in [5.74, 6) is -0.231. The topological polar surface area (TPSA) is 43.1 Å². The van der Waals surface area contributed by atoms with Crippen LogP contribution in [-0.4, -0.2) is 13.8 Å². The lowest BCUT2D eigenvalue weighted by atomic mass is 9.92. The molecule has 0 saturated heterocycles. The predicted molar refractivity (Wildman–Crippen MR) is 38.6 cm³/mol. The maximum atomic E-state index is 10.6. The maximum absolute atomic E-state index is 10.6. The van der Waals surface area contributed by atoms with Gasteiger partial charge in [-0.15, -0.1) is 5.47 Å². The van der Waals surface area contributed by atoms with Crippen LogP contribution in [0.5, 0.6) is 0 Å². The molecule has 0 aliphatic heterocycles. The number of nitrogens with two attached hydrogens (primary N) is 1. The van der Waals surface area contributed by atoms with Crippen LogP contribution in [0.2, 0.25) is 0 Å². The van der Waals surface area contributed by atoms with Crippen molar-refractivity contribution in [1.29, 1.82) is 0 Å². The summed E-state index contributed by atoms with van der Waals surface area (Å²) < 4.78 is 0. The van der Waals surface area contributed by atoms with E-state index < -0.39 is 0 Å². The van der Waals surface area contributed by atoms with Crippen LogP contribution in [0.25, 0.3) is 0 Å². The molecule has 0 radical (unpaired) electrons. The van der Waals surface area contributed by atoms with Crippen molar-refractivity contribution >= 4 is 13.8 Å². The van der Waals surface area contributed by atoms with E-state index in [9.17, 15) is 4.79 Å². The number of primary amides is 1. The second-order valence-corrected chi connectivity index (χ2v) is 2.48. The van der Waals surface area contributed by atoms with Crippen molar-refractivity contribution in [3.05, 3.63) is 11.0 Å². The number of hydrogen-bond acceptors (Lipinski definition) is 1. The van der Waals surface area contributed by atoms with E-state index in [4.69, 9.17) is 5.73 Å². The Bertz CT molecular complexity index is 174. The fraction of sp³-hybridized carbons (Fsp3) is 0.500. The number of amides is 1. The molecule has 2 N–H and O–H groups in total. The van der Waals surface area contributed by atoms with Crippen LogP contribution in [0, 0.1) is 0 Å². The molecule has 1 aliphatic carbocycles. The van der Waals surface area contributed by atoms with Gasteiger partial charge in [-0.3, -0.25) is 4.79 Å². The first-order valence-corrected chi connectivity index (χ1v) is 3.20. The molecule has 0 aromatic carbocycles. The van der Waals surface area contributed by atoms with Crippen molar-refractivity contribution in [2.24, 2.45) is 5.73 Å². The zero-order chi connectivity index (χ0) is 6.85. The molecule has 3 heteroatoms. The summed E-state index contributed by atoms with van der Waals surface area (Å²) >= 11 is 0. The standard InChI is InChI=1S/C6H10BNO/c7-5-3-1-2-4(5)6(8)9/h1-3,7H2,(H2,8,9). The molecule has 0 bridgehead atoms. The first-order chi connectivity index (χ1) is 4.22. The van der Waals surface area contributed by atoms with Gasteiger partial charge in [-0.1, -0.05) is 0 Å². The highest BCUT2D eigenvalue weighted by atomic mass is 16.1. The Hall–Kier alpha value is -0.725. The quantitative estimate of drug-likeness (QED) is 0.471. The van der Waals surface area contributed by atoms with Crippen molar-refractivity contribution in [3.8, 4) is 0 Å². The maximum Gasteiger partial charge on any atom is 0.243 e. The fourth-order valence-electron chi connectivity index (χ4n) is 1.23. The third-order valence-electron chi connectivity index (χ3n) is 1.79. The molecule has 0 unspecified atom stereocenters. The Kier molecular flexibility index (Phi) is 1.60. The Balaban J connectivity index is 2.78. The van der Waals surface area contributed by atoms with Crippen LogP contribution in [0.1, 0.15) is 19.3 Å². The average Bonchev–Trinajstić information content (AvgIpc) is 2.13. The third-order valence-corrected chi connectivity index (χ3v) is 1.79. The average molecular weight is 123 g/mol. The van der Waals surface area contributed by atoms with Gasteiger partial charge in [0, 0.05) is 5.57 Å². The molecule has 48 valence electrons. The van der Waals surface area contributed by atoms with Gasteiger partial charge >= 0.3 is 0 Å². The summed E-state index contributed by atoms with van der Waals surface area (Å²) in [6.07, 6.45) is 3.05. The Morgan fingerprint density at radius 1 is 1.56 bits per heavy atom. The molecule has 1 amide bonds. The van der Waals surface area contributed by atoms with Crippen molar-refractivity contribution in [3.63, 3.8) is 0 Å². The fourth-order valence-corrected chi connectivity index (χ4v) is 1.23. The van der Waals surface area contributed by atoms with Gasteiger partial charge in [0.15, 0.2) is 0 Å². The number of allylic oxidation sites excluding steroid dienone is 1. The van der Waals surface area contributed by atoms with Crippen molar-refractivity contribution in [2.75, 3.05) is 0 Å². The van der Waals surface area contributed by atoms with Gasteiger partial charge in [0.05, 0.1) is 0 Å². The van der Waals surface area contributed by atoms with Gasteiger partial charge in [0.25, 0.3) is 0 Å². The van der Waals surface area contributed by atoms with E-state index >= 15 is 0 Å². The molecule has 2 nitrogen and oxygen atoms in total. The van der Waals surface area contributed by atoms with E-state index in [-0.39, 0.29) is 5.91 Å². The molecule has 0 atom stereocenters. The smallest absolute Gasteiger partial charge is 0.243 e. The normalized spacial score (nSPS) is 18.7. The third kappa shape index (κ3) is 1.15. The minimum Gasteiger partial charge on any atom is -0.366 e. The summed E-state index contributed by atoms with van der Waals surface area (Å²) in [5.41, 5.74) is 7.13. The van der Waals surface area contributed by atoms with Crippen molar-refractivity contribution < 1.29 is 4.79 Å². The zero-order valence-electron chi connectivity index (χ0n) is 5.61. The highest BCUT2D eigenvalue weighted by molar-refractivity contribution is 6.25. The minimum absolute atomic E-state index is 0.231. The van der Waals surface area contributed by atoms with Gasteiger partial charge in [-0.25, -0.2) is 0 Å². The number of carbonyl (C=O) groups is 1. The molecule has 0 aromatic rings. The summed E-state index contributed by atoms with van der Waals surface area (Å²) in [6, 6.07) is 0. The summed E-state index contributed by atoms with van der Waals surface area (Å²) in [5, 5.41) is 0. The molecule has 0 heterocycles. The van der Waals surface area contributed by atoms with E-state index in [2.05, 4.69) is 0 Å². The molecule has 1 rings (SSSR count). The van der Waals surface area contributed by atoms with Crippen LogP contribution < -0.4 is 5.73 Å². The number of rotatable bonds is 1. The van der Waals surface area contributed by atoms with Gasteiger partial charge in [-0.2, -0.15) is 0 Å². The van der Waals surface area contributed by atoms with Crippen LogP contribution in [0.15, 0.2) is 11.0 Å². The van der Waals surface area contributed by atoms with Gasteiger partial charge in [-0.05, 0) is 19.3 Å².